The first-order valence-electron chi connectivity index (χ1n) is 9.75. The molecule has 1 aromatic rings. The van der Waals surface area contributed by atoms with E-state index >= 15 is 0 Å². The van der Waals surface area contributed by atoms with Crippen molar-refractivity contribution in [1.82, 2.24) is 15.2 Å². The number of nitrogens with zero attached hydrogens (tertiary/aromatic N) is 3. The summed E-state index contributed by atoms with van der Waals surface area (Å²) in [6.45, 7) is 13.4. The summed E-state index contributed by atoms with van der Waals surface area (Å²) in [4.78, 5) is 20.3. The van der Waals surface area contributed by atoms with Gasteiger partial charge in [0, 0.05) is 51.4 Å². The predicted octanol–water partition coefficient (Wildman–Crippen LogP) is 3.22. The highest BCUT2D eigenvalue weighted by Crippen LogP contribution is 2.19. The van der Waals surface area contributed by atoms with E-state index < -0.39 is 0 Å². The van der Waals surface area contributed by atoms with Gasteiger partial charge in [0.25, 0.3) is 0 Å². The maximum absolute atomic E-state index is 11.5. The first-order valence-corrected chi connectivity index (χ1v) is 9.75. The van der Waals surface area contributed by atoms with Gasteiger partial charge in [-0.3, -0.25) is 4.79 Å². The zero-order valence-corrected chi connectivity index (χ0v) is 16.8. The third-order valence-electron chi connectivity index (χ3n) is 4.91. The zero-order valence-electron chi connectivity index (χ0n) is 16.8. The van der Waals surface area contributed by atoms with E-state index in [9.17, 15) is 4.79 Å². The monoisotopic (exact) mass is 358 g/mol. The van der Waals surface area contributed by atoms with Crippen molar-refractivity contribution in [1.29, 1.82) is 0 Å². The highest BCUT2D eigenvalue weighted by atomic mass is 16.2. The Bertz CT molecular complexity index is 602. The van der Waals surface area contributed by atoms with Gasteiger partial charge in [-0.25, -0.2) is 4.98 Å². The lowest BCUT2D eigenvalue weighted by molar-refractivity contribution is -0.129. The first-order chi connectivity index (χ1) is 12.5. The van der Waals surface area contributed by atoms with Crippen LogP contribution >= 0.6 is 0 Å². The lowest BCUT2D eigenvalue weighted by Crippen LogP contribution is -2.48. The number of pyridine rings is 1. The first kappa shape index (κ1) is 20.4. The number of aromatic nitrogens is 1. The molecule has 1 amide bonds. The Morgan fingerprint density at radius 2 is 2.00 bits per heavy atom. The summed E-state index contributed by atoms with van der Waals surface area (Å²) in [7, 11) is 0. The summed E-state index contributed by atoms with van der Waals surface area (Å²) in [6.07, 6.45) is 6.55. The van der Waals surface area contributed by atoms with Crippen molar-refractivity contribution in [3.8, 4) is 0 Å². The van der Waals surface area contributed by atoms with Crippen molar-refractivity contribution >= 4 is 11.7 Å². The van der Waals surface area contributed by atoms with E-state index in [2.05, 4.69) is 48.1 Å². The topological polar surface area (TPSA) is 48.5 Å². The maximum Gasteiger partial charge on any atom is 0.219 e. The third kappa shape index (κ3) is 6.45. The van der Waals surface area contributed by atoms with Gasteiger partial charge in [-0.2, -0.15) is 0 Å². The highest BCUT2D eigenvalue weighted by Gasteiger charge is 2.21. The molecule has 2 rings (SSSR count). The van der Waals surface area contributed by atoms with Crippen molar-refractivity contribution in [3.63, 3.8) is 0 Å². The molecule has 1 aromatic heterocycles. The number of anilines is 1. The summed E-state index contributed by atoms with van der Waals surface area (Å²) < 4.78 is 0. The lowest BCUT2D eigenvalue weighted by atomic mass is 10.0. The molecule has 1 atom stereocenters. The summed E-state index contributed by atoms with van der Waals surface area (Å²) >= 11 is 0. The SMILES string of the molecule is CC(=O)N1CCN(c2ncccc2CNCC(C)CCC=C(C)C)CC1. The number of allylic oxidation sites excluding steroid dienone is 2. The minimum atomic E-state index is 0.162. The van der Waals surface area contributed by atoms with Gasteiger partial charge in [-0.05, 0) is 45.2 Å². The van der Waals surface area contributed by atoms with Crippen LogP contribution in [0.15, 0.2) is 30.0 Å². The van der Waals surface area contributed by atoms with Crippen LogP contribution in [-0.4, -0.2) is 48.5 Å². The Kier molecular flexibility index (Phi) is 8.10. The second-order valence-corrected chi connectivity index (χ2v) is 7.57. The Hall–Kier alpha value is -1.88. The highest BCUT2D eigenvalue weighted by molar-refractivity contribution is 5.73. The molecule has 1 aliphatic heterocycles. The average molecular weight is 359 g/mol. The number of rotatable bonds is 8. The normalized spacial score (nSPS) is 15.7. The zero-order chi connectivity index (χ0) is 18.9. The molecule has 26 heavy (non-hydrogen) atoms. The molecule has 0 spiro atoms. The number of hydrogen-bond donors (Lipinski definition) is 1. The molecule has 5 heteroatoms. The Morgan fingerprint density at radius 1 is 1.27 bits per heavy atom. The third-order valence-corrected chi connectivity index (χ3v) is 4.91. The fraction of sp³-hybridized carbons (Fsp3) is 0.619. The number of carbonyl (C=O) groups excluding carboxylic acids is 1. The van der Waals surface area contributed by atoms with Crippen molar-refractivity contribution < 1.29 is 4.79 Å². The molecule has 0 radical (unpaired) electrons. The van der Waals surface area contributed by atoms with Gasteiger partial charge in [-0.1, -0.05) is 24.6 Å². The van der Waals surface area contributed by atoms with E-state index in [4.69, 9.17) is 0 Å². The van der Waals surface area contributed by atoms with E-state index in [1.807, 2.05) is 17.2 Å². The van der Waals surface area contributed by atoms with Crippen LogP contribution in [0.2, 0.25) is 0 Å². The lowest BCUT2D eigenvalue weighted by Gasteiger charge is -2.35. The van der Waals surface area contributed by atoms with Gasteiger partial charge in [0.2, 0.25) is 5.91 Å². The Labute approximate surface area is 158 Å². The van der Waals surface area contributed by atoms with Gasteiger partial charge in [0.1, 0.15) is 5.82 Å². The summed E-state index contributed by atoms with van der Waals surface area (Å²) in [6, 6.07) is 4.16. The van der Waals surface area contributed by atoms with E-state index in [1.165, 1.54) is 17.6 Å². The molecule has 0 aliphatic carbocycles. The van der Waals surface area contributed by atoms with Crippen molar-refractivity contribution in [2.45, 2.75) is 47.1 Å². The van der Waals surface area contributed by atoms with Gasteiger partial charge < -0.3 is 15.1 Å². The van der Waals surface area contributed by atoms with Crippen LogP contribution in [-0.2, 0) is 11.3 Å². The minimum Gasteiger partial charge on any atom is -0.353 e. The van der Waals surface area contributed by atoms with Crippen LogP contribution in [0.4, 0.5) is 5.82 Å². The van der Waals surface area contributed by atoms with Gasteiger partial charge in [0.15, 0.2) is 0 Å². The van der Waals surface area contributed by atoms with Gasteiger partial charge in [0.05, 0.1) is 0 Å². The van der Waals surface area contributed by atoms with Crippen LogP contribution in [0.25, 0.3) is 0 Å². The largest absolute Gasteiger partial charge is 0.353 e. The van der Waals surface area contributed by atoms with Gasteiger partial charge >= 0.3 is 0 Å². The van der Waals surface area contributed by atoms with Crippen LogP contribution in [0.3, 0.4) is 0 Å². The minimum absolute atomic E-state index is 0.162. The standard InChI is InChI=1S/C21H34N4O/c1-17(2)7-5-8-18(3)15-22-16-20-9-6-10-23-21(20)25-13-11-24(12-14-25)19(4)26/h6-7,9-10,18,22H,5,8,11-16H2,1-4H3. The quantitative estimate of drug-likeness (QED) is 0.725. The van der Waals surface area contributed by atoms with Crippen LogP contribution < -0.4 is 10.2 Å². The second-order valence-electron chi connectivity index (χ2n) is 7.57. The number of amides is 1. The molecule has 5 nitrogen and oxygen atoms in total. The van der Waals surface area contributed by atoms with Crippen molar-refractivity contribution in [3.05, 3.63) is 35.5 Å². The number of carbonyl (C=O) groups is 1. The summed E-state index contributed by atoms with van der Waals surface area (Å²) in [5.41, 5.74) is 2.63. The molecular weight excluding hydrogens is 324 g/mol. The van der Waals surface area contributed by atoms with E-state index in [-0.39, 0.29) is 5.91 Å². The molecule has 1 fully saturated rings. The molecular formula is C21H34N4O. The molecule has 1 saturated heterocycles. The average Bonchev–Trinajstić information content (AvgIpc) is 2.62. The van der Waals surface area contributed by atoms with Crippen molar-refractivity contribution in [2.75, 3.05) is 37.6 Å². The number of nitrogens with one attached hydrogen (secondary N) is 1. The van der Waals surface area contributed by atoms with Crippen LogP contribution in [0, 0.1) is 5.92 Å². The Balaban J connectivity index is 1.83. The van der Waals surface area contributed by atoms with Crippen molar-refractivity contribution in [2.24, 2.45) is 5.92 Å². The molecule has 0 saturated carbocycles. The van der Waals surface area contributed by atoms with E-state index in [1.54, 1.807) is 6.92 Å². The predicted molar refractivity (Wildman–Crippen MR) is 108 cm³/mol. The summed E-state index contributed by atoms with van der Waals surface area (Å²) in [5, 5.41) is 3.59. The molecule has 1 N–H and O–H groups in total. The Morgan fingerprint density at radius 3 is 2.65 bits per heavy atom. The fourth-order valence-corrected chi connectivity index (χ4v) is 3.30. The molecule has 0 bridgehead atoms. The van der Waals surface area contributed by atoms with E-state index in [0.717, 1.165) is 51.5 Å². The second kappa shape index (κ2) is 10.3. The molecule has 2 heterocycles. The molecule has 1 aliphatic rings. The maximum atomic E-state index is 11.5. The molecule has 1 unspecified atom stereocenters. The van der Waals surface area contributed by atoms with Crippen LogP contribution in [0.1, 0.15) is 46.1 Å². The number of piperazine rings is 1. The van der Waals surface area contributed by atoms with Crippen LogP contribution in [0.5, 0.6) is 0 Å². The fourth-order valence-electron chi connectivity index (χ4n) is 3.30. The number of hydrogen-bond acceptors (Lipinski definition) is 4. The summed E-state index contributed by atoms with van der Waals surface area (Å²) in [5.74, 6) is 1.87. The smallest absolute Gasteiger partial charge is 0.219 e. The van der Waals surface area contributed by atoms with E-state index in [0.29, 0.717) is 5.92 Å². The molecule has 0 aromatic carbocycles. The molecule has 144 valence electrons. The van der Waals surface area contributed by atoms with Gasteiger partial charge in [-0.15, -0.1) is 0 Å².